The molecule has 0 aromatic heterocycles. The van der Waals surface area contributed by atoms with Crippen molar-refractivity contribution in [2.45, 2.75) is 30.9 Å². The van der Waals surface area contributed by atoms with Crippen molar-refractivity contribution in [3.8, 4) is 0 Å². The second-order valence-corrected chi connectivity index (χ2v) is 6.09. The topological polar surface area (TPSA) is 40.5 Å². The molecule has 0 saturated carbocycles. The predicted molar refractivity (Wildman–Crippen MR) is 58.9 cm³/mol. The summed E-state index contributed by atoms with van der Waals surface area (Å²) in [6, 6.07) is 10.1. The number of aliphatic hydroxyl groups excluding tert-OH is 1. The number of aliphatic hydroxyl groups is 2. The molecule has 0 aliphatic heterocycles. The van der Waals surface area contributed by atoms with Gasteiger partial charge >= 0.3 is 90.8 Å². The van der Waals surface area contributed by atoms with Gasteiger partial charge < -0.3 is 0 Å². The summed E-state index contributed by atoms with van der Waals surface area (Å²) in [5.41, 5.74) is -0.990. The van der Waals surface area contributed by atoms with Gasteiger partial charge in [0, 0.05) is 0 Å². The van der Waals surface area contributed by atoms with E-state index in [-0.39, 0.29) is 15.0 Å². The molecule has 0 unspecified atom stereocenters. The van der Waals surface area contributed by atoms with Crippen molar-refractivity contribution in [1.82, 2.24) is 0 Å². The second-order valence-electron chi connectivity index (χ2n) is 3.79. The fraction of sp³-hybridized carbons (Fsp3) is 0.455. The molecule has 0 radical (unpaired) electrons. The summed E-state index contributed by atoms with van der Waals surface area (Å²) in [5, 5.41) is 19.8. The SMILES string of the molecule is CC(C)(O)[C@H](O)C[Se]c1ccccc1. The van der Waals surface area contributed by atoms with Crippen LogP contribution in [0, 0.1) is 0 Å². The van der Waals surface area contributed by atoms with Gasteiger partial charge in [0.15, 0.2) is 0 Å². The molecule has 14 heavy (non-hydrogen) atoms. The van der Waals surface area contributed by atoms with E-state index in [9.17, 15) is 10.2 Å². The van der Waals surface area contributed by atoms with E-state index in [2.05, 4.69) is 12.1 Å². The van der Waals surface area contributed by atoms with Crippen LogP contribution in [-0.2, 0) is 0 Å². The van der Waals surface area contributed by atoms with Gasteiger partial charge in [0.05, 0.1) is 0 Å². The molecular formula is C11H16O2Se. The van der Waals surface area contributed by atoms with Crippen molar-refractivity contribution < 1.29 is 10.2 Å². The van der Waals surface area contributed by atoms with Crippen LogP contribution >= 0.6 is 0 Å². The molecule has 0 heterocycles. The molecule has 1 atom stereocenters. The normalized spacial score (nSPS) is 14.0. The minimum absolute atomic E-state index is 0.237. The van der Waals surface area contributed by atoms with Crippen molar-refractivity contribution >= 4 is 19.4 Å². The fourth-order valence-corrected chi connectivity index (χ4v) is 3.22. The molecule has 1 aromatic carbocycles. The van der Waals surface area contributed by atoms with Crippen LogP contribution in [0.4, 0.5) is 0 Å². The maximum atomic E-state index is 9.61. The number of hydrogen-bond donors (Lipinski definition) is 2. The van der Waals surface area contributed by atoms with Gasteiger partial charge in [-0.05, 0) is 0 Å². The molecule has 2 nitrogen and oxygen atoms in total. The van der Waals surface area contributed by atoms with Crippen LogP contribution in [-0.4, -0.2) is 36.9 Å². The summed E-state index contributed by atoms with van der Waals surface area (Å²) in [5.74, 6) is 0. The first-order valence-electron chi connectivity index (χ1n) is 4.58. The molecule has 1 rings (SSSR count). The Morgan fingerprint density at radius 2 is 1.86 bits per heavy atom. The molecule has 0 bridgehead atoms. The van der Waals surface area contributed by atoms with Gasteiger partial charge in [-0.15, -0.1) is 0 Å². The number of benzene rings is 1. The summed E-state index contributed by atoms with van der Waals surface area (Å²) in [6.45, 7) is 3.28. The third kappa shape index (κ3) is 3.80. The van der Waals surface area contributed by atoms with Crippen LogP contribution in [0.5, 0.6) is 0 Å². The van der Waals surface area contributed by atoms with E-state index in [4.69, 9.17) is 0 Å². The monoisotopic (exact) mass is 260 g/mol. The van der Waals surface area contributed by atoms with E-state index < -0.39 is 11.7 Å². The van der Waals surface area contributed by atoms with Crippen LogP contribution in [0.15, 0.2) is 30.3 Å². The molecular weight excluding hydrogens is 243 g/mol. The van der Waals surface area contributed by atoms with Crippen molar-refractivity contribution in [3.05, 3.63) is 30.3 Å². The van der Waals surface area contributed by atoms with Gasteiger partial charge in [-0.2, -0.15) is 0 Å². The van der Waals surface area contributed by atoms with Gasteiger partial charge in [0.2, 0.25) is 0 Å². The quantitative estimate of drug-likeness (QED) is 0.776. The number of hydrogen-bond acceptors (Lipinski definition) is 2. The Morgan fingerprint density at radius 3 is 2.36 bits per heavy atom. The first-order valence-corrected chi connectivity index (χ1v) is 6.65. The molecule has 78 valence electrons. The van der Waals surface area contributed by atoms with Crippen molar-refractivity contribution in [3.63, 3.8) is 0 Å². The zero-order chi connectivity index (χ0) is 10.6. The Balaban J connectivity index is 2.42. The Bertz CT molecular complexity index is 266. The van der Waals surface area contributed by atoms with Gasteiger partial charge in [-0.1, -0.05) is 0 Å². The van der Waals surface area contributed by atoms with E-state index in [1.807, 2.05) is 18.2 Å². The van der Waals surface area contributed by atoms with Crippen LogP contribution < -0.4 is 4.46 Å². The van der Waals surface area contributed by atoms with Crippen LogP contribution in [0.1, 0.15) is 13.8 Å². The van der Waals surface area contributed by atoms with E-state index in [1.54, 1.807) is 13.8 Å². The summed E-state index contributed by atoms with van der Waals surface area (Å²) >= 11 is 0.237. The summed E-state index contributed by atoms with van der Waals surface area (Å²) < 4.78 is 1.25. The standard InChI is InChI=1S/C11H16O2Se/c1-11(2,13)10(12)8-14-9-6-4-3-5-7-9/h3-7,10,12-13H,8H2,1-2H3/t10-/m1/s1. The van der Waals surface area contributed by atoms with E-state index in [0.717, 1.165) is 0 Å². The zero-order valence-corrected chi connectivity index (χ0v) is 10.2. The van der Waals surface area contributed by atoms with Gasteiger partial charge in [-0.25, -0.2) is 0 Å². The molecule has 0 spiro atoms. The minimum atomic E-state index is -0.990. The molecule has 0 aliphatic carbocycles. The molecule has 3 heteroatoms. The van der Waals surface area contributed by atoms with Gasteiger partial charge in [-0.3, -0.25) is 0 Å². The zero-order valence-electron chi connectivity index (χ0n) is 8.47. The molecule has 0 aliphatic rings. The summed E-state index contributed by atoms with van der Waals surface area (Å²) in [7, 11) is 0. The third-order valence-corrected chi connectivity index (χ3v) is 4.25. The first-order chi connectivity index (χ1) is 6.50. The van der Waals surface area contributed by atoms with Crippen molar-refractivity contribution in [1.29, 1.82) is 0 Å². The molecule has 1 aromatic rings. The predicted octanol–water partition coefficient (Wildman–Crippen LogP) is 0.566. The average Bonchev–Trinajstić information content (AvgIpc) is 2.14. The van der Waals surface area contributed by atoms with Crippen molar-refractivity contribution in [2.24, 2.45) is 0 Å². The summed E-state index contributed by atoms with van der Waals surface area (Å²) in [6.07, 6.45) is -0.636. The first kappa shape index (κ1) is 11.7. The van der Waals surface area contributed by atoms with Crippen molar-refractivity contribution in [2.75, 3.05) is 0 Å². The van der Waals surface area contributed by atoms with E-state index in [1.165, 1.54) is 4.46 Å². The fourth-order valence-electron chi connectivity index (χ4n) is 0.896. The Morgan fingerprint density at radius 1 is 1.29 bits per heavy atom. The Labute approximate surface area is 91.1 Å². The van der Waals surface area contributed by atoms with E-state index >= 15 is 0 Å². The molecule has 0 fully saturated rings. The Kier molecular flexibility index (Phi) is 4.14. The Hall–Kier alpha value is -0.341. The molecule has 0 saturated heterocycles. The van der Waals surface area contributed by atoms with Crippen LogP contribution in [0.2, 0.25) is 5.32 Å². The second kappa shape index (κ2) is 4.94. The maximum absolute atomic E-state index is 9.61. The molecule has 0 amide bonds. The van der Waals surface area contributed by atoms with Crippen LogP contribution in [0.3, 0.4) is 0 Å². The van der Waals surface area contributed by atoms with Gasteiger partial charge in [0.25, 0.3) is 0 Å². The summed E-state index contributed by atoms with van der Waals surface area (Å²) in [4.78, 5) is 0. The molecule has 2 N–H and O–H groups in total. The van der Waals surface area contributed by atoms with Crippen LogP contribution in [0.25, 0.3) is 0 Å². The number of rotatable bonds is 4. The average molecular weight is 259 g/mol. The third-order valence-electron chi connectivity index (χ3n) is 1.97. The van der Waals surface area contributed by atoms with Gasteiger partial charge in [0.1, 0.15) is 0 Å². The van der Waals surface area contributed by atoms with E-state index in [0.29, 0.717) is 5.32 Å².